The molecule has 0 atom stereocenters. The quantitative estimate of drug-likeness (QED) is 0.265. The van der Waals surface area contributed by atoms with Gasteiger partial charge in [0, 0.05) is 50.8 Å². The highest BCUT2D eigenvalue weighted by Gasteiger charge is 2.30. The van der Waals surface area contributed by atoms with Crippen LogP contribution in [0.1, 0.15) is 0 Å². The third-order valence-electron chi connectivity index (χ3n) is 2.90. The fourth-order valence-electron chi connectivity index (χ4n) is 1.73. The van der Waals surface area contributed by atoms with E-state index in [-0.39, 0.29) is 0 Å². The smallest absolute Gasteiger partial charge is 0.225 e. The normalized spacial score (nSPS) is 11.4. The van der Waals surface area contributed by atoms with E-state index in [2.05, 4.69) is 0 Å². The molecule has 0 spiro atoms. The highest BCUT2D eigenvalue weighted by molar-refractivity contribution is 8.04. The molecule has 0 saturated carbocycles. The lowest BCUT2D eigenvalue weighted by molar-refractivity contribution is 0.350. The Balaban J connectivity index is 1.65. The van der Waals surface area contributed by atoms with E-state index < -0.39 is 7.82 Å². The van der Waals surface area contributed by atoms with Crippen LogP contribution in [0.15, 0.2) is 106 Å². The Morgan fingerprint density at radius 1 is 0.500 bits per heavy atom. The maximum Gasteiger partial charge on any atom is 0.509 e. The zero-order valence-corrected chi connectivity index (χ0v) is 16.8. The van der Waals surface area contributed by atoms with E-state index in [1.807, 2.05) is 91.0 Å². The Morgan fingerprint density at radius 3 is 1.04 bits per heavy atom. The Bertz CT molecular complexity index is 722. The summed E-state index contributed by atoms with van der Waals surface area (Å²) >= 11 is 2.87. The third kappa shape index (κ3) is 6.52. The largest absolute Gasteiger partial charge is 0.509 e. The Hall–Kier alpha value is -1.18. The number of hydrogen-bond acceptors (Lipinski definition) is 7. The van der Waals surface area contributed by atoms with Gasteiger partial charge in [-0.15, -0.1) is 0 Å². The summed E-state index contributed by atoms with van der Waals surface area (Å²) in [6.07, 6.45) is 0. The van der Waals surface area contributed by atoms with Gasteiger partial charge in [0.25, 0.3) is 0 Å². The molecule has 0 aliphatic rings. The minimum absolute atomic E-state index is 0.800. The summed E-state index contributed by atoms with van der Waals surface area (Å²) in [6, 6.07) is 28.0. The number of hydrogen-bond donors (Lipinski definition) is 0. The van der Waals surface area contributed by atoms with Gasteiger partial charge in [0.2, 0.25) is 0 Å². The van der Waals surface area contributed by atoms with E-state index >= 15 is 0 Å². The fraction of sp³-hybridized carbons (Fsp3) is 0. The standard InChI is InChI=1S/C18H15O4PS3/c19-23(20-24-16-10-4-1-5-11-16,21-25-17-12-6-2-7-13-17)22-26-18-14-8-3-9-15-18/h1-15H. The Morgan fingerprint density at radius 2 is 0.769 bits per heavy atom. The van der Waals surface area contributed by atoms with Crippen LogP contribution in [0.25, 0.3) is 0 Å². The van der Waals surface area contributed by atoms with Crippen LogP contribution in [0.2, 0.25) is 0 Å². The van der Waals surface area contributed by atoms with Gasteiger partial charge in [-0.05, 0) is 36.4 Å². The van der Waals surface area contributed by atoms with E-state index in [0.717, 1.165) is 50.8 Å². The monoisotopic (exact) mass is 422 g/mol. The molecular formula is C18H15O4PS3. The predicted octanol–water partition coefficient (Wildman–Crippen LogP) is 7.27. The van der Waals surface area contributed by atoms with Gasteiger partial charge in [-0.1, -0.05) is 54.6 Å². The summed E-state index contributed by atoms with van der Waals surface area (Å²) < 4.78 is 29.3. The molecule has 26 heavy (non-hydrogen) atoms. The summed E-state index contributed by atoms with van der Waals surface area (Å²) in [6.45, 7) is 0. The second-order valence-corrected chi connectivity index (χ2v) is 9.46. The van der Waals surface area contributed by atoms with Crippen LogP contribution in [0, 0.1) is 0 Å². The van der Waals surface area contributed by atoms with Gasteiger partial charge >= 0.3 is 7.82 Å². The Kier molecular flexibility index (Phi) is 7.70. The molecule has 0 aliphatic carbocycles. The van der Waals surface area contributed by atoms with Gasteiger partial charge in [-0.2, -0.15) is 0 Å². The van der Waals surface area contributed by atoms with Crippen molar-refractivity contribution >= 4 is 44.0 Å². The van der Waals surface area contributed by atoms with Gasteiger partial charge in [0.05, 0.1) is 0 Å². The summed E-state index contributed by atoms with van der Waals surface area (Å²) in [4.78, 5) is 2.40. The van der Waals surface area contributed by atoms with Gasteiger partial charge < -0.3 is 0 Å². The molecule has 0 aliphatic heterocycles. The first-order valence-corrected chi connectivity index (χ1v) is 11.3. The van der Waals surface area contributed by atoms with E-state index in [1.54, 1.807) is 0 Å². The SMILES string of the molecule is O=P(OSc1ccccc1)(OSc1ccccc1)OSc1ccccc1. The van der Waals surface area contributed by atoms with E-state index in [9.17, 15) is 4.57 Å². The predicted molar refractivity (Wildman–Crippen MR) is 108 cm³/mol. The van der Waals surface area contributed by atoms with Gasteiger partial charge in [-0.3, -0.25) is 0 Å². The van der Waals surface area contributed by atoms with Gasteiger partial charge in [0.15, 0.2) is 0 Å². The number of benzene rings is 3. The molecule has 0 fully saturated rings. The molecular weight excluding hydrogens is 407 g/mol. The second kappa shape index (κ2) is 10.2. The first-order chi connectivity index (χ1) is 12.7. The summed E-state index contributed by atoms with van der Waals surface area (Å²) in [5.41, 5.74) is 0. The van der Waals surface area contributed by atoms with Crippen molar-refractivity contribution in [2.24, 2.45) is 0 Å². The molecule has 3 aromatic rings. The molecule has 8 heteroatoms. The molecule has 3 rings (SSSR count). The van der Waals surface area contributed by atoms with Crippen LogP contribution < -0.4 is 0 Å². The van der Waals surface area contributed by atoms with Crippen molar-refractivity contribution in [1.29, 1.82) is 0 Å². The van der Waals surface area contributed by atoms with Crippen LogP contribution in [0.5, 0.6) is 0 Å². The second-order valence-electron chi connectivity index (χ2n) is 4.86. The minimum Gasteiger partial charge on any atom is -0.225 e. The van der Waals surface area contributed by atoms with Crippen LogP contribution >= 0.6 is 44.0 Å². The summed E-state index contributed by atoms with van der Waals surface area (Å²) in [5, 5.41) is 0. The first-order valence-electron chi connectivity index (χ1n) is 7.57. The van der Waals surface area contributed by atoms with Crippen LogP contribution in [0.4, 0.5) is 0 Å². The molecule has 4 nitrogen and oxygen atoms in total. The molecule has 0 unspecified atom stereocenters. The molecule has 134 valence electrons. The highest BCUT2D eigenvalue weighted by atomic mass is 32.2. The molecule has 3 aromatic carbocycles. The van der Waals surface area contributed by atoms with E-state index in [1.165, 1.54) is 0 Å². The maximum atomic E-state index is 13.0. The van der Waals surface area contributed by atoms with Crippen molar-refractivity contribution in [2.75, 3.05) is 0 Å². The topological polar surface area (TPSA) is 44.8 Å². The molecule has 0 amide bonds. The lowest BCUT2D eigenvalue weighted by Crippen LogP contribution is -1.88. The van der Waals surface area contributed by atoms with Crippen LogP contribution in [-0.4, -0.2) is 0 Å². The number of phosphoric acid groups is 1. The Labute approximate surface area is 165 Å². The van der Waals surface area contributed by atoms with Crippen molar-refractivity contribution < 1.29 is 16.5 Å². The molecule has 0 saturated heterocycles. The zero-order chi connectivity index (χ0) is 18.1. The van der Waals surface area contributed by atoms with Crippen molar-refractivity contribution in [3.63, 3.8) is 0 Å². The minimum atomic E-state index is -3.83. The molecule has 0 heterocycles. The lowest BCUT2D eigenvalue weighted by Gasteiger charge is -2.15. The average molecular weight is 422 g/mol. The third-order valence-corrected chi connectivity index (χ3v) is 7.38. The lowest BCUT2D eigenvalue weighted by atomic mass is 10.4. The molecule has 0 aromatic heterocycles. The van der Waals surface area contributed by atoms with E-state index in [0.29, 0.717) is 0 Å². The van der Waals surface area contributed by atoms with Crippen molar-refractivity contribution in [3.8, 4) is 0 Å². The molecule has 0 N–H and O–H groups in total. The number of rotatable bonds is 9. The fourth-order valence-corrected chi connectivity index (χ4v) is 5.63. The summed E-state index contributed by atoms with van der Waals surface area (Å²) in [7, 11) is -3.83. The zero-order valence-electron chi connectivity index (χ0n) is 13.5. The first kappa shape index (κ1) is 19.6. The highest BCUT2D eigenvalue weighted by Crippen LogP contribution is 2.60. The van der Waals surface area contributed by atoms with Gasteiger partial charge in [0.1, 0.15) is 0 Å². The van der Waals surface area contributed by atoms with Crippen molar-refractivity contribution in [1.82, 2.24) is 0 Å². The van der Waals surface area contributed by atoms with E-state index in [4.69, 9.17) is 11.9 Å². The van der Waals surface area contributed by atoms with Gasteiger partial charge in [-0.25, -0.2) is 16.5 Å². The summed E-state index contributed by atoms with van der Waals surface area (Å²) in [5.74, 6) is 0. The van der Waals surface area contributed by atoms with Crippen LogP contribution in [0.3, 0.4) is 0 Å². The van der Waals surface area contributed by atoms with Crippen molar-refractivity contribution in [3.05, 3.63) is 91.0 Å². The average Bonchev–Trinajstić information content (AvgIpc) is 2.72. The molecule has 0 bridgehead atoms. The van der Waals surface area contributed by atoms with Crippen molar-refractivity contribution in [2.45, 2.75) is 14.7 Å². The maximum absolute atomic E-state index is 13.0. The molecule has 0 radical (unpaired) electrons. The van der Waals surface area contributed by atoms with Crippen LogP contribution in [-0.2, 0) is 16.5 Å².